The van der Waals surface area contributed by atoms with Crippen LogP contribution in [0.2, 0.25) is 0 Å². The van der Waals surface area contributed by atoms with Gasteiger partial charge in [0.1, 0.15) is 0 Å². The summed E-state index contributed by atoms with van der Waals surface area (Å²) in [6, 6.07) is 0. The van der Waals surface area contributed by atoms with Crippen LogP contribution in [0.3, 0.4) is 0 Å². The Kier molecular flexibility index (Phi) is 4.55. The van der Waals surface area contributed by atoms with E-state index in [4.69, 9.17) is 5.73 Å². The van der Waals surface area contributed by atoms with Gasteiger partial charge in [0.15, 0.2) is 5.01 Å². The summed E-state index contributed by atoms with van der Waals surface area (Å²) in [7, 11) is 0. The molecular formula is C9H16F2N4S. The number of alkyl halides is 2. The van der Waals surface area contributed by atoms with Crippen molar-refractivity contribution in [2.75, 3.05) is 11.9 Å². The van der Waals surface area contributed by atoms with Gasteiger partial charge < -0.3 is 11.1 Å². The molecule has 0 aromatic carbocycles. The predicted octanol–water partition coefficient (Wildman–Crippen LogP) is 2.41. The van der Waals surface area contributed by atoms with Gasteiger partial charge in [0.2, 0.25) is 5.13 Å². The molecule has 0 saturated carbocycles. The molecule has 0 saturated heterocycles. The Hall–Kier alpha value is -0.820. The average Bonchev–Trinajstić information content (AvgIpc) is 2.75. The summed E-state index contributed by atoms with van der Waals surface area (Å²) < 4.78 is 24.5. The first-order valence-electron chi connectivity index (χ1n) is 5.15. The molecule has 0 aliphatic heterocycles. The molecule has 0 spiro atoms. The van der Waals surface area contributed by atoms with E-state index in [-0.39, 0.29) is 10.5 Å². The van der Waals surface area contributed by atoms with Crippen LogP contribution in [0, 0.1) is 0 Å². The van der Waals surface area contributed by atoms with Gasteiger partial charge in [-0.3, -0.25) is 0 Å². The highest BCUT2D eigenvalue weighted by Gasteiger charge is 2.21. The third-order valence-electron chi connectivity index (χ3n) is 2.63. The number of hydrogen-bond donors (Lipinski definition) is 2. The van der Waals surface area contributed by atoms with E-state index in [9.17, 15) is 8.78 Å². The summed E-state index contributed by atoms with van der Waals surface area (Å²) in [5.74, 6) is 0. The first kappa shape index (κ1) is 13.2. The molecule has 16 heavy (non-hydrogen) atoms. The smallest absolute Gasteiger partial charge is 0.291 e. The molecule has 0 unspecified atom stereocenters. The fraction of sp³-hybridized carbons (Fsp3) is 0.778. The fourth-order valence-electron chi connectivity index (χ4n) is 1.15. The molecule has 0 atom stereocenters. The predicted molar refractivity (Wildman–Crippen MR) is 60.9 cm³/mol. The second kappa shape index (κ2) is 5.49. The van der Waals surface area contributed by atoms with Crippen LogP contribution in [0.25, 0.3) is 0 Å². The molecule has 1 heterocycles. The zero-order valence-electron chi connectivity index (χ0n) is 9.33. The van der Waals surface area contributed by atoms with Crippen molar-refractivity contribution >= 4 is 16.5 Å². The number of rotatable bonds is 6. The van der Waals surface area contributed by atoms with Gasteiger partial charge in [-0.25, -0.2) is 8.78 Å². The van der Waals surface area contributed by atoms with Crippen molar-refractivity contribution in [2.45, 2.75) is 38.7 Å². The molecular weight excluding hydrogens is 234 g/mol. The summed E-state index contributed by atoms with van der Waals surface area (Å²) in [5, 5.41) is 10.1. The van der Waals surface area contributed by atoms with E-state index in [2.05, 4.69) is 15.5 Å². The maximum atomic E-state index is 12.2. The van der Waals surface area contributed by atoms with Gasteiger partial charge >= 0.3 is 0 Å². The van der Waals surface area contributed by atoms with Gasteiger partial charge in [-0.2, -0.15) is 0 Å². The Balaban J connectivity index is 2.54. The van der Waals surface area contributed by atoms with Crippen molar-refractivity contribution in [1.29, 1.82) is 0 Å². The van der Waals surface area contributed by atoms with E-state index in [0.717, 1.165) is 24.2 Å². The van der Waals surface area contributed by atoms with Crippen molar-refractivity contribution in [3.05, 3.63) is 5.01 Å². The van der Waals surface area contributed by atoms with Crippen LogP contribution in [0.1, 0.15) is 38.1 Å². The van der Waals surface area contributed by atoms with Crippen molar-refractivity contribution in [3.8, 4) is 0 Å². The minimum Gasteiger partial charge on any atom is -0.358 e. The average molecular weight is 250 g/mol. The molecule has 4 nitrogen and oxygen atoms in total. The number of nitrogens with zero attached hydrogens (tertiary/aromatic N) is 2. The highest BCUT2D eigenvalue weighted by atomic mass is 32.1. The third kappa shape index (κ3) is 3.34. The standard InChI is InChI=1S/C9H16F2N4S/c1-3-9(12,4-2)5-13-8-15-14-7(16-8)6(10)11/h6H,3-5,12H2,1-2H3,(H,13,15). The molecule has 1 aromatic rings. The van der Waals surface area contributed by atoms with Crippen LogP contribution >= 0.6 is 11.3 Å². The van der Waals surface area contributed by atoms with Crippen molar-refractivity contribution in [3.63, 3.8) is 0 Å². The monoisotopic (exact) mass is 250 g/mol. The zero-order chi connectivity index (χ0) is 12.2. The quantitative estimate of drug-likeness (QED) is 0.813. The van der Waals surface area contributed by atoms with E-state index < -0.39 is 6.43 Å². The summed E-state index contributed by atoms with van der Waals surface area (Å²) in [6.45, 7) is 4.50. The van der Waals surface area contributed by atoms with E-state index in [1.165, 1.54) is 0 Å². The molecule has 3 N–H and O–H groups in total. The molecule has 92 valence electrons. The number of hydrogen-bond acceptors (Lipinski definition) is 5. The molecule has 1 rings (SSSR count). The minimum absolute atomic E-state index is 0.266. The Morgan fingerprint density at radius 2 is 2.00 bits per heavy atom. The number of anilines is 1. The summed E-state index contributed by atoms with van der Waals surface area (Å²) in [5.41, 5.74) is 5.73. The normalized spacial score (nSPS) is 12.1. The summed E-state index contributed by atoms with van der Waals surface area (Å²) >= 11 is 0.864. The number of nitrogens with two attached hydrogens (primary N) is 1. The van der Waals surface area contributed by atoms with Gasteiger partial charge in [0.25, 0.3) is 6.43 Å². The van der Waals surface area contributed by atoms with E-state index >= 15 is 0 Å². The molecule has 0 fully saturated rings. The third-order valence-corrected chi connectivity index (χ3v) is 3.52. The lowest BCUT2D eigenvalue weighted by Gasteiger charge is -2.26. The summed E-state index contributed by atoms with van der Waals surface area (Å²) in [4.78, 5) is 0. The van der Waals surface area contributed by atoms with Crippen molar-refractivity contribution in [2.24, 2.45) is 5.73 Å². The lowest BCUT2D eigenvalue weighted by atomic mass is 9.94. The first-order valence-corrected chi connectivity index (χ1v) is 5.96. The molecule has 0 radical (unpaired) electrons. The van der Waals surface area contributed by atoms with Crippen LogP contribution < -0.4 is 11.1 Å². The highest BCUT2D eigenvalue weighted by Crippen LogP contribution is 2.25. The Morgan fingerprint density at radius 3 is 2.44 bits per heavy atom. The Bertz CT molecular complexity index is 325. The first-order chi connectivity index (χ1) is 7.50. The molecule has 0 aliphatic rings. The van der Waals surface area contributed by atoms with Gasteiger partial charge in [0, 0.05) is 12.1 Å². The number of aromatic nitrogens is 2. The van der Waals surface area contributed by atoms with Crippen molar-refractivity contribution < 1.29 is 8.78 Å². The topological polar surface area (TPSA) is 63.8 Å². The molecule has 0 bridgehead atoms. The van der Waals surface area contributed by atoms with Crippen LogP contribution in [0.15, 0.2) is 0 Å². The Morgan fingerprint density at radius 1 is 1.38 bits per heavy atom. The largest absolute Gasteiger partial charge is 0.358 e. The minimum atomic E-state index is -2.56. The summed E-state index contributed by atoms with van der Waals surface area (Å²) in [6.07, 6.45) is -0.929. The molecule has 1 aromatic heterocycles. The van der Waals surface area contributed by atoms with E-state index in [0.29, 0.717) is 11.7 Å². The second-order valence-electron chi connectivity index (χ2n) is 3.67. The van der Waals surface area contributed by atoms with Gasteiger partial charge in [-0.15, -0.1) is 10.2 Å². The van der Waals surface area contributed by atoms with Crippen LogP contribution in [-0.2, 0) is 0 Å². The molecule has 0 aliphatic carbocycles. The maximum Gasteiger partial charge on any atom is 0.291 e. The Labute approximate surface area is 97.3 Å². The van der Waals surface area contributed by atoms with Crippen molar-refractivity contribution in [1.82, 2.24) is 10.2 Å². The molecule has 7 heteroatoms. The van der Waals surface area contributed by atoms with Crippen LogP contribution in [-0.4, -0.2) is 22.3 Å². The van der Waals surface area contributed by atoms with Gasteiger partial charge in [-0.1, -0.05) is 25.2 Å². The lowest BCUT2D eigenvalue weighted by Crippen LogP contribution is -2.45. The number of halogens is 2. The van der Waals surface area contributed by atoms with Gasteiger partial charge in [0.05, 0.1) is 0 Å². The fourth-order valence-corrected chi connectivity index (χ4v) is 1.74. The van der Waals surface area contributed by atoms with Crippen LogP contribution in [0.4, 0.5) is 13.9 Å². The van der Waals surface area contributed by atoms with E-state index in [1.54, 1.807) is 0 Å². The van der Waals surface area contributed by atoms with Gasteiger partial charge in [-0.05, 0) is 12.8 Å². The van der Waals surface area contributed by atoms with E-state index in [1.807, 2.05) is 13.8 Å². The molecule has 0 amide bonds. The SMILES string of the molecule is CCC(N)(CC)CNc1nnc(C(F)F)s1. The second-order valence-corrected chi connectivity index (χ2v) is 4.68. The zero-order valence-corrected chi connectivity index (χ0v) is 10.2. The highest BCUT2D eigenvalue weighted by molar-refractivity contribution is 7.15. The maximum absolute atomic E-state index is 12.2. The number of nitrogens with one attached hydrogen (secondary N) is 1. The van der Waals surface area contributed by atoms with Crippen LogP contribution in [0.5, 0.6) is 0 Å². The lowest BCUT2D eigenvalue weighted by molar-refractivity contribution is 0.150.